The molecule has 2 aromatic rings. The van der Waals surface area contributed by atoms with Gasteiger partial charge in [0.25, 0.3) is 0 Å². The minimum absolute atomic E-state index is 0.517. The highest BCUT2D eigenvalue weighted by atomic mass is 16.5. The van der Waals surface area contributed by atoms with Gasteiger partial charge in [-0.05, 0) is 30.2 Å². The second kappa shape index (κ2) is 3.90. The molecule has 17 heavy (non-hydrogen) atoms. The fourth-order valence-electron chi connectivity index (χ4n) is 2.27. The van der Waals surface area contributed by atoms with E-state index in [1.54, 1.807) is 0 Å². The van der Waals surface area contributed by atoms with Crippen LogP contribution in [0.5, 0.6) is 5.75 Å². The Bertz CT molecular complexity index is 561. The average Bonchev–Trinajstić information content (AvgIpc) is 2.49. The summed E-state index contributed by atoms with van der Waals surface area (Å²) in [4.78, 5) is 0. The van der Waals surface area contributed by atoms with E-state index in [1.807, 2.05) is 49.4 Å². The zero-order chi connectivity index (χ0) is 11.8. The summed E-state index contributed by atoms with van der Waals surface area (Å²) in [6.45, 7) is 2.53. The van der Waals surface area contributed by atoms with Crippen LogP contribution in [0.1, 0.15) is 28.4 Å². The molecular formula is C15H14O2. The van der Waals surface area contributed by atoms with Gasteiger partial charge in [-0.1, -0.05) is 35.9 Å². The summed E-state index contributed by atoms with van der Waals surface area (Å²) in [7, 11) is 0. The first-order valence-corrected chi connectivity index (χ1v) is 5.75. The van der Waals surface area contributed by atoms with E-state index in [9.17, 15) is 5.11 Å². The molecule has 0 spiro atoms. The molecule has 86 valence electrons. The van der Waals surface area contributed by atoms with Crippen LogP contribution in [-0.4, -0.2) is 5.11 Å². The van der Waals surface area contributed by atoms with Gasteiger partial charge < -0.3 is 9.84 Å². The van der Waals surface area contributed by atoms with Crippen LogP contribution in [0.4, 0.5) is 0 Å². The molecule has 0 radical (unpaired) electrons. The SMILES string of the molecule is Cc1ccc2c(c1)[C@H](O)c1ccccc1CO2. The van der Waals surface area contributed by atoms with Gasteiger partial charge in [0.2, 0.25) is 0 Å². The Morgan fingerprint density at radius 3 is 2.82 bits per heavy atom. The van der Waals surface area contributed by atoms with Gasteiger partial charge in [0.05, 0.1) is 0 Å². The maximum atomic E-state index is 10.4. The standard InChI is InChI=1S/C15H14O2/c1-10-6-7-14-13(8-10)15(16)12-5-3-2-4-11(12)9-17-14/h2-8,15-16H,9H2,1H3/t15-/m1/s1. The van der Waals surface area contributed by atoms with Crippen molar-refractivity contribution < 1.29 is 9.84 Å². The van der Waals surface area contributed by atoms with Crippen molar-refractivity contribution in [2.24, 2.45) is 0 Å². The topological polar surface area (TPSA) is 29.5 Å². The van der Waals surface area contributed by atoms with Crippen LogP contribution >= 0.6 is 0 Å². The van der Waals surface area contributed by atoms with Gasteiger partial charge in [-0.2, -0.15) is 0 Å². The number of ether oxygens (including phenoxy) is 1. The summed E-state index contributed by atoms with van der Waals surface area (Å²) in [5.41, 5.74) is 3.98. The van der Waals surface area contributed by atoms with Crippen LogP contribution in [0.3, 0.4) is 0 Å². The summed E-state index contributed by atoms with van der Waals surface area (Å²) < 4.78 is 5.74. The Labute approximate surface area is 100 Å². The molecule has 0 saturated carbocycles. The molecule has 0 saturated heterocycles. The molecular weight excluding hydrogens is 212 g/mol. The van der Waals surface area contributed by atoms with Gasteiger partial charge in [0.1, 0.15) is 18.5 Å². The monoisotopic (exact) mass is 226 g/mol. The predicted molar refractivity (Wildman–Crippen MR) is 66.0 cm³/mol. The molecule has 1 aliphatic heterocycles. The minimum atomic E-state index is -0.594. The highest BCUT2D eigenvalue weighted by Crippen LogP contribution is 2.35. The highest BCUT2D eigenvalue weighted by Gasteiger charge is 2.22. The van der Waals surface area contributed by atoms with Crippen LogP contribution in [0.15, 0.2) is 42.5 Å². The number of hydrogen-bond donors (Lipinski definition) is 1. The Kier molecular flexibility index (Phi) is 2.37. The Balaban J connectivity index is 2.18. The number of fused-ring (bicyclic) bond motifs is 2. The third-order valence-corrected chi connectivity index (χ3v) is 3.19. The zero-order valence-corrected chi connectivity index (χ0v) is 9.68. The van der Waals surface area contributed by atoms with E-state index in [2.05, 4.69) is 0 Å². The average molecular weight is 226 g/mol. The summed E-state index contributed by atoms with van der Waals surface area (Å²) in [6, 6.07) is 13.8. The number of aliphatic hydroxyl groups is 1. The predicted octanol–water partition coefficient (Wildman–Crippen LogP) is 2.97. The van der Waals surface area contributed by atoms with Crippen molar-refractivity contribution >= 4 is 0 Å². The molecule has 1 heterocycles. The molecule has 1 aliphatic rings. The van der Waals surface area contributed by atoms with Crippen LogP contribution in [-0.2, 0) is 6.61 Å². The molecule has 1 N–H and O–H groups in total. The second-order valence-corrected chi connectivity index (χ2v) is 4.43. The van der Waals surface area contributed by atoms with E-state index < -0.39 is 6.10 Å². The van der Waals surface area contributed by atoms with Crippen LogP contribution in [0.25, 0.3) is 0 Å². The fourth-order valence-corrected chi connectivity index (χ4v) is 2.27. The molecule has 0 unspecified atom stereocenters. The van der Waals surface area contributed by atoms with Crippen molar-refractivity contribution in [1.82, 2.24) is 0 Å². The first-order chi connectivity index (χ1) is 8.25. The zero-order valence-electron chi connectivity index (χ0n) is 9.68. The third kappa shape index (κ3) is 1.71. The van der Waals surface area contributed by atoms with Crippen LogP contribution < -0.4 is 4.74 Å². The lowest BCUT2D eigenvalue weighted by molar-refractivity contribution is 0.218. The first-order valence-electron chi connectivity index (χ1n) is 5.75. The molecule has 2 nitrogen and oxygen atoms in total. The van der Waals surface area contributed by atoms with Crippen molar-refractivity contribution in [3.05, 3.63) is 64.7 Å². The second-order valence-electron chi connectivity index (χ2n) is 4.43. The van der Waals surface area contributed by atoms with Crippen molar-refractivity contribution in [1.29, 1.82) is 0 Å². The number of rotatable bonds is 0. The number of aryl methyl sites for hydroxylation is 1. The minimum Gasteiger partial charge on any atom is -0.488 e. The van der Waals surface area contributed by atoms with Gasteiger partial charge in [0.15, 0.2) is 0 Å². The van der Waals surface area contributed by atoms with Gasteiger partial charge in [-0.3, -0.25) is 0 Å². The Hall–Kier alpha value is -1.80. The molecule has 0 amide bonds. The van der Waals surface area contributed by atoms with Gasteiger partial charge in [0, 0.05) is 5.56 Å². The Morgan fingerprint density at radius 2 is 1.94 bits per heavy atom. The lowest BCUT2D eigenvalue weighted by atomic mass is 9.97. The van der Waals surface area contributed by atoms with Gasteiger partial charge in [-0.25, -0.2) is 0 Å². The van der Waals surface area contributed by atoms with Crippen molar-refractivity contribution in [3.8, 4) is 5.75 Å². The highest BCUT2D eigenvalue weighted by molar-refractivity contribution is 5.46. The normalized spacial score (nSPS) is 17.6. The van der Waals surface area contributed by atoms with Crippen LogP contribution in [0, 0.1) is 6.92 Å². The van der Waals surface area contributed by atoms with E-state index in [1.165, 1.54) is 0 Å². The van der Waals surface area contributed by atoms with Crippen LogP contribution in [0.2, 0.25) is 0 Å². The fraction of sp³-hybridized carbons (Fsp3) is 0.200. The van der Waals surface area contributed by atoms with Crippen molar-refractivity contribution in [2.75, 3.05) is 0 Å². The summed E-state index contributed by atoms with van der Waals surface area (Å²) in [5.74, 6) is 0.777. The first kappa shape index (κ1) is 10.4. The van der Waals surface area contributed by atoms with E-state index in [0.717, 1.165) is 28.0 Å². The molecule has 0 bridgehead atoms. The maximum absolute atomic E-state index is 10.4. The van der Waals surface area contributed by atoms with E-state index in [0.29, 0.717) is 6.61 Å². The smallest absolute Gasteiger partial charge is 0.125 e. The molecule has 1 atom stereocenters. The maximum Gasteiger partial charge on any atom is 0.125 e. The molecule has 2 heteroatoms. The lowest BCUT2D eigenvalue weighted by Gasteiger charge is -2.13. The molecule has 3 rings (SSSR count). The number of benzene rings is 2. The lowest BCUT2D eigenvalue weighted by Crippen LogP contribution is -2.01. The number of aliphatic hydroxyl groups excluding tert-OH is 1. The summed E-state index contributed by atoms with van der Waals surface area (Å²) in [6.07, 6.45) is -0.594. The summed E-state index contributed by atoms with van der Waals surface area (Å²) >= 11 is 0. The van der Waals surface area contributed by atoms with E-state index in [-0.39, 0.29) is 0 Å². The molecule has 2 aromatic carbocycles. The number of hydrogen-bond acceptors (Lipinski definition) is 2. The van der Waals surface area contributed by atoms with Crippen molar-refractivity contribution in [2.45, 2.75) is 19.6 Å². The summed E-state index contributed by atoms with van der Waals surface area (Å²) in [5, 5.41) is 10.4. The van der Waals surface area contributed by atoms with E-state index in [4.69, 9.17) is 4.74 Å². The molecule has 0 fully saturated rings. The third-order valence-electron chi connectivity index (χ3n) is 3.19. The van der Waals surface area contributed by atoms with E-state index >= 15 is 0 Å². The van der Waals surface area contributed by atoms with Gasteiger partial charge in [-0.15, -0.1) is 0 Å². The Morgan fingerprint density at radius 1 is 1.12 bits per heavy atom. The molecule has 0 aliphatic carbocycles. The molecule has 0 aromatic heterocycles. The van der Waals surface area contributed by atoms with Gasteiger partial charge >= 0.3 is 0 Å². The van der Waals surface area contributed by atoms with Crippen molar-refractivity contribution in [3.63, 3.8) is 0 Å². The largest absolute Gasteiger partial charge is 0.488 e. The quantitative estimate of drug-likeness (QED) is 0.748.